The number of hydrogen-bond donors (Lipinski definition) is 0. The van der Waals surface area contributed by atoms with Gasteiger partial charge in [0.1, 0.15) is 0 Å². The third kappa shape index (κ3) is 4.63. The molecule has 50 heavy (non-hydrogen) atoms. The average Bonchev–Trinajstić information content (AvgIpc) is 3.38. The molecule has 9 rings (SSSR count). The summed E-state index contributed by atoms with van der Waals surface area (Å²) in [6.45, 7) is 9.38. The van der Waals surface area contributed by atoms with Crippen LogP contribution in [0, 0.1) is 0 Å². The minimum absolute atomic E-state index is 0.0959. The molecule has 0 aromatic heterocycles. The van der Waals surface area contributed by atoms with Crippen LogP contribution in [0.25, 0.3) is 33.4 Å². The zero-order valence-corrected chi connectivity index (χ0v) is 29.1. The van der Waals surface area contributed by atoms with E-state index >= 15 is 0 Å². The molecular formula is C48H40N2. The van der Waals surface area contributed by atoms with Crippen molar-refractivity contribution in [2.24, 2.45) is 0 Å². The highest BCUT2D eigenvalue weighted by molar-refractivity contribution is 5.94. The number of nitrogens with zero attached hydrogens (tertiary/aromatic N) is 2. The lowest BCUT2D eigenvalue weighted by molar-refractivity contribution is 0.532. The number of benzene rings is 7. The Morgan fingerprint density at radius 2 is 0.920 bits per heavy atom. The Balaban J connectivity index is 1.24. The van der Waals surface area contributed by atoms with E-state index in [1.807, 2.05) is 0 Å². The standard InChI is InChI=1S/C48H40N2/c1-47(2)43-21-13-11-19-39(43)41-29-27-38(32-45(41)47)49(35-25-23-34(24-26-35)33-15-7-5-8-16-33)37-28-30-46-42(31-37)40-20-12-14-22-44(40)48(3,4)50(46)36-17-9-6-10-18-36/h5-32H,1-4H3. The number of fused-ring (bicyclic) bond motifs is 6. The van der Waals surface area contributed by atoms with Crippen LogP contribution in [0.3, 0.4) is 0 Å². The van der Waals surface area contributed by atoms with Crippen LogP contribution < -0.4 is 9.80 Å². The zero-order valence-electron chi connectivity index (χ0n) is 29.1. The van der Waals surface area contributed by atoms with Crippen molar-refractivity contribution >= 4 is 28.4 Å². The van der Waals surface area contributed by atoms with Crippen LogP contribution in [-0.2, 0) is 11.0 Å². The van der Waals surface area contributed by atoms with Crippen molar-refractivity contribution in [3.8, 4) is 33.4 Å². The summed E-state index contributed by atoms with van der Waals surface area (Å²) < 4.78 is 0. The van der Waals surface area contributed by atoms with Gasteiger partial charge in [0.25, 0.3) is 0 Å². The van der Waals surface area contributed by atoms with Crippen molar-refractivity contribution in [2.45, 2.75) is 38.6 Å². The van der Waals surface area contributed by atoms with Gasteiger partial charge in [-0.2, -0.15) is 0 Å². The van der Waals surface area contributed by atoms with Gasteiger partial charge in [-0.05, 0) is 113 Å². The molecule has 1 heterocycles. The molecule has 7 aromatic rings. The van der Waals surface area contributed by atoms with E-state index in [1.54, 1.807) is 0 Å². The van der Waals surface area contributed by atoms with Crippen LogP contribution in [0.5, 0.6) is 0 Å². The van der Waals surface area contributed by atoms with Gasteiger partial charge < -0.3 is 9.80 Å². The third-order valence-corrected chi connectivity index (χ3v) is 11.0. The van der Waals surface area contributed by atoms with Crippen LogP contribution in [0.15, 0.2) is 170 Å². The third-order valence-electron chi connectivity index (χ3n) is 11.0. The number of para-hydroxylation sites is 1. The highest BCUT2D eigenvalue weighted by atomic mass is 15.2. The molecule has 2 aliphatic rings. The lowest BCUT2D eigenvalue weighted by atomic mass is 9.80. The smallest absolute Gasteiger partial charge is 0.0652 e. The molecule has 0 spiro atoms. The zero-order chi connectivity index (χ0) is 34.0. The summed E-state index contributed by atoms with van der Waals surface area (Å²) in [4.78, 5) is 4.94. The van der Waals surface area contributed by atoms with Gasteiger partial charge >= 0.3 is 0 Å². The van der Waals surface area contributed by atoms with Crippen LogP contribution in [0.4, 0.5) is 28.4 Å². The van der Waals surface area contributed by atoms with Gasteiger partial charge in [0.15, 0.2) is 0 Å². The SMILES string of the molecule is CC1(C)c2ccccc2-c2ccc(N(c3ccc(-c4ccccc4)cc3)c3ccc4c(c3)-c3ccccc3C(C)(C)N4c3ccccc3)cc21. The predicted molar refractivity (Wildman–Crippen MR) is 211 cm³/mol. The fraction of sp³-hybridized carbons (Fsp3) is 0.125. The van der Waals surface area contributed by atoms with Crippen LogP contribution in [0.2, 0.25) is 0 Å². The molecule has 1 aliphatic carbocycles. The van der Waals surface area contributed by atoms with E-state index < -0.39 is 0 Å². The molecule has 0 bridgehead atoms. The second kappa shape index (κ2) is 11.4. The van der Waals surface area contributed by atoms with E-state index in [2.05, 4.69) is 207 Å². The Kier molecular flexibility index (Phi) is 6.86. The highest BCUT2D eigenvalue weighted by Crippen LogP contribution is 2.54. The topological polar surface area (TPSA) is 6.48 Å². The average molecular weight is 645 g/mol. The molecule has 0 atom stereocenters. The van der Waals surface area contributed by atoms with Crippen molar-refractivity contribution in [1.29, 1.82) is 0 Å². The van der Waals surface area contributed by atoms with Crippen LogP contribution in [0.1, 0.15) is 44.4 Å². The van der Waals surface area contributed by atoms with Gasteiger partial charge in [0.2, 0.25) is 0 Å². The molecule has 1 aliphatic heterocycles. The summed E-state index contributed by atoms with van der Waals surface area (Å²) in [6.07, 6.45) is 0. The fourth-order valence-corrected chi connectivity index (χ4v) is 8.50. The summed E-state index contributed by atoms with van der Waals surface area (Å²) in [7, 11) is 0. The van der Waals surface area contributed by atoms with E-state index in [9.17, 15) is 0 Å². The van der Waals surface area contributed by atoms with Gasteiger partial charge in [-0.1, -0.05) is 129 Å². The summed E-state index contributed by atoms with van der Waals surface area (Å²) in [5.41, 5.74) is 17.2. The second-order valence-electron chi connectivity index (χ2n) is 14.6. The first-order chi connectivity index (χ1) is 24.3. The monoisotopic (exact) mass is 644 g/mol. The number of hydrogen-bond acceptors (Lipinski definition) is 2. The second-order valence-corrected chi connectivity index (χ2v) is 14.6. The number of rotatable bonds is 5. The molecule has 7 aromatic carbocycles. The van der Waals surface area contributed by atoms with E-state index in [0.29, 0.717) is 0 Å². The van der Waals surface area contributed by atoms with Gasteiger partial charge in [-0.3, -0.25) is 0 Å². The van der Waals surface area contributed by atoms with Gasteiger partial charge in [-0.25, -0.2) is 0 Å². The molecule has 0 saturated heterocycles. The molecule has 0 radical (unpaired) electrons. The quantitative estimate of drug-likeness (QED) is 0.184. The lowest BCUT2D eigenvalue weighted by Gasteiger charge is -2.46. The van der Waals surface area contributed by atoms with E-state index in [-0.39, 0.29) is 11.0 Å². The maximum absolute atomic E-state index is 2.50. The summed E-state index contributed by atoms with van der Waals surface area (Å²) >= 11 is 0. The van der Waals surface area contributed by atoms with Crippen molar-refractivity contribution in [3.63, 3.8) is 0 Å². The van der Waals surface area contributed by atoms with Gasteiger partial charge in [-0.15, -0.1) is 0 Å². The van der Waals surface area contributed by atoms with Crippen molar-refractivity contribution in [2.75, 3.05) is 9.80 Å². The summed E-state index contributed by atoms with van der Waals surface area (Å²) in [6, 6.07) is 62.3. The molecule has 0 N–H and O–H groups in total. The summed E-state index contributed by atoms with van der Waals surface area (Å²) in [5.74, 6) is 0. The van der Waals surface area contributed by atoms with Crippen LogP contribution in [-0.4, -0.2) is 0 Å². The maximum atomic E-state index is 2.50. The van der Waals surface area contributed by atoms with E-state index in [0.717, 1.165) is 17.1 Å². The largest absolute Gasteiger partial charge is 0.331 e. The predicted octanol–water partition coefficient (Wildman–Crippen LogP) is 13.2. The van der Waals surface area contributed by atoms with Crippen molar-refractivity contribution in [1.82, 2.24) is 0 Å². The van der Waals surface area contributed by atoms with Gasteiger partial charge in [0, 0.05) is 39.4 Å². The molecule has 0 unspecified atom stereocenters. The first kappa shape index (κ1) is 30.2. The van der Waals surface area contributed by atoms with Crippen molar-refractivity contribution < 1.29 is 0 Å². The minimum Gasteiger partial charge on any atom is -0.331 e. The molecule has 0 amide bonds. The molecule has 0 fully saturated rings. The molecule has 0 saturated carbocycles. The molecular weight excluding hydrogens is 605 g/mol. The van der Waals surface area contributed by atoms with E-state index in [1.165, 1.54) is 61.4 Å². The minimum atomic E-state index is -0.236. The highest BCUT2D eigenvalue weighted by Gasteiger charge is 2.39. The van der Waals surface area contributed by atoms with Crippen molar-refractivity contribution in [3.05, 3.63) is 187 Å². The maximum Gasteiger partial charge on any atom is 0.0652 e. The van der Waals surface area contributed by atoms with Crippen LogP contribution >= 0.6 is 0 Å². The first-order valence-corrected chi connectivity index (χ1v) is 17.6. The Hall–Kier alpha value is -5.86. The fourth-order valence-electron chi connectivity index (χ4n) is 8.50. The summed E-state index contributed by atoms with van der Waals surface area (Å²) in [5, 5.41) is 0. The molecule has 2 nitrogen and oxygen atoms in total. The lowest BCUT2D eigenvalue weighted by Crippen LogP contribution is -2.41. The van der Waals surface area contributed by atoms with E-state index in [4.69, 9.17) is 0 Å². The normalized spacial score (nSPS) is 14.7. The molecule has 2 heteroatoms. The Morgan fingerprint density at radius 1 is 0.400 bits per heavy atom. The Bertz CT molecular complexity index is 2370. The van der Waals surface area contributed by atoms with Gasteiger partial charge in [0.05, 0.1) is 5.54 Å². The Labute approximate surface area is 295 Å². The molecule has 242 valence electrons. The number of anilines is 5. The first-order valence-electron chi connectivity index (χ1n) is 17.6. The Morgan fingerprint density at radius 3 is 1.64 bits per heavy atom.